The average Bonchev–Trinajstić information content (AvgIpc) is 3.43. The minimum atomic E-state index is 1.18. The Kier molecular flexibility index (Phi) is 68.7. The molecule has 0 fully saturated rings. The lowest BCUT2D eigenvalue weighted by Crippen LogP contribution is -2.44. The van der Waals surface area contributed by atoms with Crippen molar-refractivity contribution in [1.82, 2.24) is 9.80 Å². The van der Waals surface area contributed by atoms with E-state index in [1.165, 1.54) is 442 Å². The number of unbranched alkanes of at least 4 members (excludes halogenated alkanes) is 60. The van der Waals surface area contributed by atoms with E-state index in [-0.39, 0.29) is 0 Å². The number of hydrogen-bond donors (Lipinski definition) is 0. The van der Waals surface area contributed by atoms with E-state index < -0.39 is 0 Å². The highest BCUT2D eigenvalue weighted by molar-refractivity contribution is 7.80. The van der Waals surface area contributed by atoms with E-state index in [4.69, 9.17) is 12.2 Å². The first-order chi connectivity index (χ1) is 37.7. The van der Waals surface area contributed by atoms with Crippen LogP contribution in [-0.4, -0.2) is 41.1 Å². The third-order valence-corrected chi connectivity index (χ3v) is 18.2. The number of hydrogen-bond acceptors (Lipinski definition) is 1. The molecule has 0 amide bonds. The van der Waals surface area contributed by atoms with E-state index in [0.717, 1.165) is 0 Å². The summed E-state index contributed by atoms with van der Waals surface area (Å²) in [6.45, 7) is 14.0. The van der Waals surface area contributed by atoms with E-state index in [1.54, 1.807) is 0 Å². The Balaban J connectivity index is 5.00. The maximum absolute atomic E-state index is 6.59. The molecule has 456 valence electrons. The van der Waals surface area contributed by atoms with Crippen LogP contribution < -0.4 is 0 Å². The molecule has 0 aliphatic rings. The minimum absolute atomic E-state index is 1.18. The van der Waals surface area contributed by atoms with Crippen LogP contribution in [0.3, 0.4) is 0 Å². The van der Waals surface area contributed by atoms with Gasteiger partial charge in [0.15, 0.2) is 5.11 Å². The maximum atomic E-state index is 6.59. The summed E-state index contributed by atoms with van der Waals surface area (Å²) in [5.41, 5.74) is 0. The lowest BCUT2D eigenvalue weighted by molar-refractivity contribution is 0.303. The fraction of sp³-hybridized carbons (Fsp3) is 0.986. The van der Waals surface area contributed by atoms with Gasteiger partial charge in [-0.2, -0.15) is 0 Å². The molecule has 0 saturated heterocycles. The lowest BCUT2D eigenvalue weighted by Gasteiger charge is -2.34. The molecule has 2 nitrogen and oxygen atoms in total. The molecule has 0 aliphatic heterocycles. The zero-order valence-electron chi connectivity index (χ0n) is 53.9. The second kappa shape index (κ2) is 69.0. The van der Waals surface area contributed by atoms with Crippen molar-refractivity contribution in [2.75, 3.05) is 26.2 Å². The summed E-state index contributed by atoms with van der Waals surface area (Å²) in [7, 11) is 0. The van der Waals surface area contributed by atoms with Gasteiger partial charge in [0.2, 0.25) is 0 Å². The SMILES string of the molecule is CCCCCCCCCCCCCCCCCCN(CCCCCCCCCCCCCCCCCC)C(=S)N(CCCCCCCCCCCCCCCCCC)CCCCCCCCCCCCCCCCCC. The first kappa shape index (κ1) is 75.7. The first-order valence-electron chi connectivity index (χ1n) is 36.7. The molecule has 0 heterocycles. The molecule has 0 aromatic heterocycles. The molecule has 0 unspecified atom stereocenters. The van der Waals surface area contributed by atoms with Crippen LogP contribution in [0, 0.1) is 0 Å². The highest BCUT2D eigenvalue weighted by Gasteiger charge is 2.17. The zero-order chi connectivity index (χ0) is 54.8. The lowest BCUT2D eigenvalue weighted by atomic mass is 10.0. The van der Waals surface area contributed by atoms with Gasteiger partial charge in [-0.1, -0.05) is 413 Å². The number of nitrogens with zero attached hydrogens (tertiary/aromatic N) is 2. The van der Waals surface area contributed by atoms with Gasteiger partial charge in [0.1, 0.15) is 0 Å². The molecule has 0 aliphatic carbocycles. The van der Waals surface area contributed by atoms with Crippen molar-refractivity contribution in [3.63, 3.8) is 0 Å². The molecule has 3 heteroatoms. The van der Waals surface area contributed by atoms with Crippen LogP contribution in [0.25, 0.3) is 0 Å². The molecular weight excluding hydrogens is 937 g/mol. The second-order valence-corrected chi connectivity index (χ2v) is 25.8. The van der Waals surface area contributed by atoms with Crippen molar-refractivity contribution < 1.29 is 0 Å². The van der Waals surface area contributed by atoms with Crippen LogP contribution in [0.5, 0.6) is 0 Å². The Labute approximate surface area is 489 Å². The van der Waals surface area contributed by atoms with Gasteiger partial charge in [-0.25, -0.2) is 0 Å². The average molecular weight is 1090 g/mol. The molecule has 0 radical (unpaired) electrons. The molecule has 0 saturated carbocycles. The normalized spacial score (nSPS) is 11.6. The van der Waals surface area contributed by atoms with Crippen molar-refractivity contribution in [3.05, 3.63) is 0 Å². The van der Waals surface area contributed by atoms with E-state index in [1.807, 2.05) is 0 Å². The highest BCUT2D eigenvalue weighted by Crippen LogP contribution is 2.20. The van der Waals surface area contributed by atoms with E-state index in [0.29, 0.717) is 0 Å². The molecule has 0 N–H and O–H groups in total. The minimum Gasteiger partial charge on any atom is -0.349 e. The van der Waals surface area contributed by atoms with E-state index >= 15 is 0 Å². The van der Waals surface area contributed by atoms with Gasteiger partial charge in [-0.05, 0) is 37.9 Å². The standard InChI is InChI=1S/C73H148N2S/c1-5-9-13-17-21-25-29-33-37-41-45-49-53-57-61-65-69-74(70-66-62-58-54-50-46-42-38-34-30-26-22-18-14-10-6-2)73(76)75(71-67-63-59-55-51-47-43-39-35-31-27-23-19-15-11-7-3)72-68-64-60-56-52-48-44-40-36-32-28-24-20-16-12-8-4/h5-72H2,1-4H3. The van der Waals surface area contributed by atoms with Crippen molar-refractivity contribution >= 4 is 17.3 Å². The number of thiocarbonyl (C=S) groups is 1. The quantitative estimate of drug-likeness (QED) is 0.0443. The molecule has 76 heavy (non-hydrogen) atoms. The Bertz CT molecular complexity index is 878. The molecule has 0 rings (SSSR count). The summed E-state index contributed by atoms with van der Waals surface area (Å²) < 4.78 is 0. The van der Waals surface area contributed by atoms with E-state index in [9.17, 15) is 0 Å². The fourth-order valence-electron chi connectivity index (χ4n) is 12.2. The summed E-state index contributed by atoms with van der Waals surface area (Å²) in [5.74, 6) is 0. The second-order valence-electron chi connectivity index (χ2n) is 25.5. The van der Waals surface area contributed by atoms with Crippen molar-refractivity contribution in [2.45, 2.75) is 439 Å². The summed E-state index contributed by atoms with van der Waals surface area (Å²) in [6, 6.07) is 0. The van der Waals surface area contributed by atoms with Crippen LogP contribution in [0.1, 0.15) is 439 Å². The predicted molar refractivity (Wildman–Crippen MR) is 354 cm³/mol. The summed E-state index contributed by atoms with van der Waals surface area (Å²) in [5, 5.41) is 1.23. The smallest absolute Gasteiger partial charge is 0.171 e. The largest absolute Gasteiger partial charge is 0.349 e. The molecule has 0 bridgehead atoms. The third kappa shape index (κ3) is 61.3. The van der Waals surface area contributed by atoms with E-state index in [2.05, 4.69) is 37.5 Å². The van der Waals surface area contributed by atoms with Crippen LogP contribution in [0.4, 0.5) is 0 Å². The first-order valence-corrected chi connectivity index (χ1v) is 37.2. The van der Waals surface area contributed by atoms with Gasteiger partial charge in [-0.15, -0.1) is 0 Å². The van der Waals surface area contributed by atoms with Crippen LogP contribution >= 0.6 is 12.2 Å². The van der Waals surface area contributed by atoms with Crippen molar-refractivity contribution in [3.8, 4) is 0 Å². The topological polar surface area (TPSA) is 6.48 Å². The maximum Gasteiger partial charge on any atom is 0.171 e. The Morgan fingerprint density at radius 2 is 0.250 bits per heavy atom. The Morgan fingerprint density at radius 1 is 0.158 bits per heavy atom. The molecule has 0 aromatic rings. The van der Waals surface area contributed by atoms with Gasteiger partial charge in [0, 0.05) is 26.2 Å². The van der Waals surface area contributed by atoms with Crippen LogP contribution in [0.15, 0.2) is 0 Å². The van der Waals surface area contributed by atoms with Crippen LogP contribution in [0.2, 0.25) is 0 Å². The summed E-state index contributed by atoms with van der Waals surface area (Å²) >= 11 is 6.59. The predicted octanol–water partition coefficient (Wildman–Crippen LogP) is 26.9. The molecular formula is C73H148N2S. The Hall–Kier alpha value is -0.310. The molecule has 0 spiro atoms. The summed E-state index contributed by atoms with van der Waals surface area (Å²) in [4.78, 5) is 5.45. The monoisotopic (exact) mass is 1090 g/mol. The van der Waals surface area contributed by atoms with Gasteiger partial charge in [0.05, 0.1) is 0 Å². The highest BCUT2D eigenvalue weighted by atomic mass is 32.1. The van der Waals surface area contributed by atoms with Crippen molar-refractivity contribution in [1.29, 1.82) is 0 Å². The van der Waals surface area contributed by atoms with Crippen LogP contribution in [-0.2, 0) is 0 Å². The van der Waals surface area contributed by atoms with Crippen molar-refractivity contribution in [2.24, 2.45) is 0 Å². The van der Waals surface area contributed by atoms with Gasteiger partial charge in [-0.3, -0.25) is 0 Å². The van der Waals surface area contributed by atoms with Gasteiger partial charge in [0.25, 0.3) is 0 Å². The fourth-order valence-corrected chi connectivity index (χ4v) is 12.6. The Morgan fingerprint density at radius 3 is 0.355 bits per heavy atom. The van der Waals surface area contributed by atoms with Gasteiger partial charge >= 0.3 is 0 Å². The zero-order valence-corrected chi connectivity index (χ0v) is 54.7. The third-order valence-electron chi connectivity index (χ3n) is 17.7. The summed E-state index contributed by atoms with van der Waals surface area (Å²) in [6.07, 6.45) is 92.0. The number of rotatable bonds is 68. The van der Waals surface area contributed by atoms with Gasteiger partial charge < -0.3 is 9.80 Å². The molecule has 0 aromatic carbocycles. The molecule has 0 atom stereocenters.